The number of hydrazine groups is 1. The van der Waals surface area contributed by atoms with Gasteiger partial charge in [0.15, 0.2) is 0 Å². The fraction of sp³-hybridized carbons (Fsp3) is 0.364. The fourth-order valence-electron chi connectivity index (χ4n) is 3.49. The molecule has 2 N–H and O–H groups in total. The first-order valence-electron chi connectivity index (χ1n) is 10.5. The molecule has 4 aromatic rings. The molecule has 32 heavy (non-hydrogen) atoms. The van der Waals surface area contributed by atoms with E-state index in [1.54, 1.807) is 24.5 Å². The minimum absolute atomic E-state index is 0.0297. The van der Waals surface area contributed by atoms with Gasteiger partial charge in [-0.1, -0.05) is 31.1 Å². The maximum atomic E-state index is 13.2. The third kappa shape index (κ3) is 4.16. The van der Waals surface area contributed by atoms with E-state index in [-0.39, 0.29) is 17.3 Å². The van der Waals surface area contributed by atoms with Crippen molar-refractivity contribution in [2.75, 3.05) is 5.43 Å². The SMILES string of the molecule is CC(C)(C)Cc1noc2nc(C3CC3)cc(C(=O)NNc3nc(-c4ccncc4)no3)c12. The second-order valence-corrected chi connectivity index (χ2v) is 9.15. The lowest BCUT2D eigenvalue weighted by Crippen LogP contribution is -2.30. The normalized spacial score (nSPS) is 14.0. The molecule has 0 spiro atoms. The summed E-state index contributed by atoms with van der Waals surface area (Å²) in [5.74, 6) is 0.383. The van der Waals surface area contributed by atoms with Crippen LogP contribution in [-0.2, 0) is 6.42 Å². The predicted molar refractivity (Wildman–Crippen MR) is 116 cm³/mol. The zero-order valence-electron chi connectivity index (χ0n) is 18.0. The van der Waals surface area contributed by atoms with Crippen molar-refractivity contribution in [3.05, 3.63) is 47.5 Å². The minimum Gasteiger partial charge on any atom is -0.336 e. The summed E-state index contributed by atoms with van der Waals surface area (Å²) in [5, 5.41) is 8.76. The van der Waals surface area contributed by atoms with Crippen molar-refractivity contribution in [3.8, 4) is 11.4 Å². The van der Waals surface area contributed by atoms with Crippen LogP contribution in [0.2, 0.25) is 0 Å². The van der Waals surface area contributed by atoms with Gasteiger partial charge in [0.2, 0.25) is 5.82 Å². The molecule has 4 aromatic heterocycles. The summed E-state index contributed by atoms with van der Waals surface area (Å²) in [7, 11) is 0. The van der Waals surface area contributed by atoms with Crippen LogP contribution in [0.1, 0.15) is 61.3 Å². The van der Waals surface area contributed by atoms with Gasteiger partial charge in [0, 0.05) is 29.6 Å². The van der Waals surface area contributed by atoms with Crippen molar-refractivity contribution in [2.24, 2.45) is 5.41 Å². The van der Waals surface area contributed by atoms with Crippen molar-refractivity contribution in [2.45, 2.75) is 46.0 Å². The highest BCUT2D eigenvalue weighted by atomic mass is 16.5. The predicted octanol–water partition coefficient (Wildman–Crippen LogP) is 3.89. The molecule has 0 radical (unpaired) electrons. The van der Waals surface area contributed by atoms with Crippen molar-refractivity contribution >= 4 is 23.0 Å². The molecule has 10 nitrogen and oxygen atoms in total. The standard InChI is InChI=1S/C22H23N7O3/c1-22(2,3)11-16-17-14(10-15(12-4-5-12)24-20(17)31-28-16)19(30)26-27-21-25-18(29-32-21)13-6-8-23-9-7-13/h6-10,12H,4-5,11H2,1-3H3,(H,26,30)(H,25,27,29). The van der Waals surface area contributed by atoms with Crippen LogP contribution >= 0.6 is 0 Å². The average molecular weight is 433 g/mol. The summed E-state index contributed by atoms with van der Waals surface area (Å²) in [6.45, 7) is 6.32. The highest BCUT2D eigenvalue weighted by Crippen LogP contribution is 2.41. The van der Waals surface area contributed by atoms with Gasteiger partial charge >= 0.3 is 6.01 Å². The molecule has 1 fully saturated rings. The molecule has 0 aliphatic heterocycles. The van der Waals surface area contributed by atoms with Crippen LogP contribution in [0.5, 0.6) is 0 Å². The number of fused-ring (bicyclic) bond motifs is 1. The second-order valence-electron chi connectivity index (χ2n) is 9.15. The Balaban J connectivity index is 1.41. The van der Waals surface area contributed by atoms with Gasteiger partial charge in [-0.2, -0.15) is 4.98 Å². The zero-order chi connectivity index (χ0) is 22.3. The number of nitrogens with zero attached hydrogens (tertiary/aromatic N) is 5. The summed E-state index contributed by atoms with van der Waals surface area (Å²) in [6, 6.07) is 5.43. The fourth-order valence-corrected chi connectivity index (χ4v) is 3.49. The van der Waals surface area contributed by atoms with Gasteiger partial charge in [-0.25, -0.2) is 10.4 Å². The van der Waals surface area contributed by atoms with Crippen LogP contribution in [0.15, 0.2) is 39.6 Å². The van der Waals surface area contributed by atoms with Gasteiger partial charge in [0.05, 0.1) is 16.6 Å². The molecular weight excluding hydrogens is 410 g/mol. The topological polar surface area (TPSA) is 132 Å². The number of anilines is 1. The molecule has 164 valence electrons. The van der Waals surface area contributed by atoms with E-state index in [4.69, 9.17) is 9.05 Å². The van der Waals surface area contributed by atoms with E-state index in [0.29, 0.717) is 40.5 Å². The molecular formula is C22H23N7O3. The summed E-state index contributed by atoms with van der Waals surface area (Å²) in [6.07, 6.45) is 6.04. The number of amides is 1. The van der Waals surface area contributed by atoms with Gasteiger partial charge < -0.3 is 9.05 Å². The van der Waals surface area contributed by atoms with Crippen LogP contribution in [0.3, 0.4) is 0 Å². The molecule has 1 aliphatic carbocycles. The molecule has 0 bridgehead atoms. The Morgan fingerprint density at radius 2 is 1.91 bits per heavy atom. The summed E-state index contributed by atoms with van der Waals surface area (Å²) in [5.41, 5.74) is 8.47. The van der Waals surface area contributed by atoms with E-state index in [0.717, 1.165) is 24.1 Å². The molecule has 10 heteroatoms. The van der Waals surface area contributed by atoms with Gasteiger partial charge in [0.1, 0.15) is 0 Å². The monoisotopic (exact) mass is 433 g/mol. The van der Waals surface area contributed by atoms with Crippen LogP contribution < -0.4 is 10.9 Å². The summed E-state index contributed by atoms with van der Waals surface area (Å²) < 4.78 is 10.7. The highest BCUT2D eigenvalue weighted by Gasteiger charge is 2.30. The lowest BCUT2D eigenvalue weighted by Gasteiger charge is -2.16. The van der Waals surface area contributed by atoms with Crippen LogP contribution in [0.4, 0.5) is 6.01 Å². The van der Waals surface area contributed by atoms with E-state index in [1.165, 1.54) is 0 Å². The molecule has 0 saturated heterocycles. The Kier molecular flexibility index (Phi) is 4.84. The molecule has 0 atom stereocenters. The lowest BCUT2D eigenvalue weighted by molar-refractivity contribution is 0.0962. The summed E-state index contributed by atoms with van der Waals surface area (Å²) >= 11 is 0. The van der Waals surface area contributed by atoms with Crippen LogP contribution in [0.25, 0.3) is 22.5 Å². The maximum Gasteiger partial charge on any atom is 0.340 e. The van der Waals surface area contributed by atoms with E-state index in [1.807, 2.05) is 6.07 Å². The number of aromatic nitrogens is 5. The van der Waals surface area contributed by atoms with E-state index in [2.05, 4.69) is 56.9 Å². The number of carbonyl (C=O) groups excluding carboxylic acids is 1. The number of hydrogen-bond acceptors (Lipinski definition) is 9. The van der Waals surface area contributed by atoms with Crippen LogP contribution in [-0.4, -0.2) is 31.2 Å². The van der Waals surface area contributed by atoms with E-state index >= 15 is 0 Å². The molecule has 0 unspecified atom stereocenters. The Labute approximate surface area is 183 Å². The van der Waals surface area contributed by atoms with Crippen molar-refractivity contribution in [1.29, 1.82) is 0 Å². The number of rotatable bonds is 6. The quantitative estimate of drug-likeness (QED) is 0.435. The maximum absolute atomic E-state index is 13.2. The number of nitrogens with one attached hydrogen (secondary N) is 2. The smallest absolute Gasteiger partial charge is 0.336 e. The van der Waals surface area contributed by atoms with Gasteiger partial charge in [-0.3, -0.25) is 15.2 Å². The highest BCUT2D eigenvalue weighted by molar-refractivity contribution is 6.06. The molecule has 1 aliphatic rings. The largest absolute Gasteiger partial charge is 0.340 e. The Hall–Kier alpha value is -3.82. The van der Waals surface area contributed by atoms with E-state index < -0.39 is 0 Å². The van der Waals surface area contributed by atoms with E-state index in [9.17, 15) is 4.79 Å². The zero-order valence-corrected chi connectivity index (χ0v) is 18.0. The van der Waals surface area contributed by atoms with Crippen molar-refractivity contribution < 1.29 is 13.8 Å². The van der Waals surface area contributed by atoms with Crippen molar-refractivity contribution in [1.82, 2.24) is 30.7 Å². The third-order valence-electron chi connectivity index (χ3n) is 5.12. The van der Waals surface area contributed by atoms with Gasteiger partial charge in [0.25, 0.3) is 11.6 Å². The van der Waals surface area contributed by atoms with Crippen molar-refractivity contribution in [3.63, 3.8) is 0 Å². The van der Waals surface area contributed by atoms with Gasteiger partial charge in [-0.15, -0.1) is 0 Å². The lowest BCUT2D eigenvalue weighted by atomic mass is 9.89. The Morgan fingerprint density at radius 1 is 1.12 bits per heavy atom. The Morgan fingerprint density at radius 3 is 2.62 bits per heavy atom. The molecule has 5 rings (SSSR count). The first-order valence-corrected chi connectivity index (χ1v) is 10.5. The first kappa shape index (κ1) is 20.1. The number of hydrogen-bond donors (Lipinski definition) is 2. The number of carbonyl (C=O) groups is 1. The molecule has 0 aromatic carbocycles. The Bertz CT molecular complexity index is 1270. The molecule has 1 saturated carbocycles. The van der Waals surface area contributed by atoms with Gasteiger partial charge in [-0.05, 0) is 42.9 Å². The number of pyridine rings is 2. The molecule has 1 amide bonds. The van der Waals surface area contributed by atoms with Crippen LogP contribution in [0, 0.1) is 5.41 Å². The average Bonchev–Trinajstić information content (AvgIpc) is 3.39. The minimum atomic E-state index is -0.360. The summed E-state index contributed by atoms with van der Waals surface area (Å²) in [4.78, 5) is 26.0. The first-order chi connectivity index (χ1) is 15.4. The molecule has 4 heterocycles. The second kappa shape index (κ2) is 7.70. The third-order valence-corrected chi connectivity index (χ3v) is 5.12.